The van der Waals surface area contributed by atoms with Crippen molar-refractivity contribution < 1.29 is 9.90 Å². The van der Waals surface area contributed by atoms with Gasteiger partial charge >= 0.3 is 0 Å². The molecule has 2 nitrogen and oxygen atoms in total. The minimum atomic E-state index is 0.0838. The Bertz CT molecular complexity index is 408. The SMILES string of the molecule is CCCCCCC(=O)c1c(O)cc(C)cc1CC. The third-order valence-electron chi connectivity index (χ3n) is 3.26. The second-order valence-electron chi connectivity index (χ2n) is 4.91. The number of hydrogen-bond acceptors (Lipinski definition) is 2. The molecule has 2 heteroatoms. The molecule has 0 amide bonds. The Hall–Kier alpha value is -1.31. The molecule has 1 aromatic rings. The fraction of sp³-hybridized carbons (Fsp3) is 0.562. The van der Waals surface area contributed by atoms with E-state index < -0.39 is 0 Å². The van der Waals surface area contributed by atoms with Crippen molar-refractivity contribution in [2.45, 2.75) is 59.3 Å². The summed E-state index contributed by atoms with van der Waals surface area (Å²) in [6.07, 6.45) is 5.69. The van der Waals surface area contributed by atoms with Crippen LogP contribution in [0.4, 0.5) is 0 Å². The van der Waals surface area contributed by atoms with Crippen LogP contribution in [0, 0.1) is 6.92 Å². The van der Waals surface area contributed by atoms with Gasteiger partial charge in [0.05, 0.1) is 5.56 Å². The van der Waals surface area contributed by atoms with Crippen LogP contribution in [0.1, 0.15) is 67.4 Å². The molecule has 0 heterocycles. The zero-order valence-corrected chi connectivity index (χ0v) is 11.8. The van der Waals surface area contributed by atoms with Gasteiger partial charge in [0.25, 0.3) is 0 Å². The minimum absolute atomic E-state index is 0.0838. The molecule has 0 aromatic heterocycles. The van der Waals surface area contributed by atoms with Crippen LogP contribution >= 0.6 is 0 Å². The highest BCUT2D eigenvalue weighted by Crippen LogP contribution is 2.26. The number of phenolic OH excluding ortho intramolecular Hbond substituents is 1. The number of carbonyl (C=O) groups is 1. The first-order chi connectivity index (χ1) is 8.60. The van der Waals surface area contributed by atoms with Crippen molar-refractivity contribution in [2.75, 3.05) is 0 Å². The topological polar surface area (TPSA) is 37.3 Å². The summed E-state index contributed by atoms with van der Waals surface area (Å²) >= 11 is 0. The van der Waals surface area contributed by atoms with Crippen LogP contribution in [-0.2, 0) is 6.42 Å². The van der Waals surface area contributed by atoms with E-state index in [1.807, 2.05) is 19.9 Å². The lowest BCUT2D eigenvalue weighted by molar-refractivity contribution is 0.0975. The fourth-order valence-electron chi connectivity index (χ4n) is 2.28. The summed E-state index contributed by atoms with van der Waals surface area (Å²) in [5.41, 5.74) is 2.51. The predicted octanol–water partition coefficient (Wildman–Crippen LogP) is 4.42. The van der Waals surface area contributed by atoms with Gasteiger partial charge in [-0.3, -0.25) is 4.79 Å². The van der Waals surface area contributed by atoms with Gasteiger partial charge in [-0.05, 0) is 37.0 Å². The average molecular weight is 248 g/mol. The second-order valence-corrected chi connectivity index (χ2v) is 4.91. The Labute approximate surface area is 110 Å². The normalized spacial score (nSPS) is 10.6. The molecule has 0 saturated heterocycles. The Morgan fingerprint density at radius 1 is 1.17 bits per heavy atom. The number of phenols is 1. The zero-order chi connectivity index (χ0) is 13.5. The van der Waals surface area contributed by atoms with Gasteiger partial charge < -0.3 is 5.11 Å². The van der Waals surface area contributed by atoms with Gasteiger partial charge in [-0.1, -0.05) is 39.2 Å². The molecule has 0 radical (unpaired) electrons. The van der Waals surface area contributed by atoms with Crippen LogP contribution in [0.25, 0.3) is 0 Å². The summed E-state index contributed by atoms with van der Waals surface area (Å²) in [7, 11) is 0. The molecule has 1 N–H and O–H groups in total. The van der Waals surface area contributed by atoms with Crippen LogP contribution in [-0.4, -0.2) is 10.9 Å². The second kappa shape index (κ2) is 7.20. The fourth-order valence-corrected chi connectivity index (χ4v) is 2.28. The molecule has 0 atom stereocenters. The number of Topliss-reactive ketones (excluding diaryl/α,β-unsaturated/α-hetero) is 1. The standard InChI is InChI=1S/C16H24O2/c1-4-6-7-8-9-14(17)16-13(5-2)10-12(3)11-15(16)18/h10-11,18H,4-9H2,1-3H3. The highest BCUT2D eigenvalue weighted by molar-refractivity contribution is 6.00. The van der Waals surface area contributed by atoms with E-state index in [0.29, 0.717) is 12.0 Å². The number of aromatic hydroxyl groups is 1. The lowest BCUT2D eigenvalue weighted by atomic mass is 9.95. The number of ketones is 1. The molecular formula is C16H24O2. The van der Waals surface area contributed by atoms with Gasteiger partial charge in [-0.25, -0.2) is 0 Å². The van der Waals surface area contributed by atoms with Gasteiger partial charge in [-0.2, -0.15) is 0 Å². The van der Waals surface area contributed by atoms with E-state index in [1.54, 1.807) is 6.07 Å². The van der Waals surface area contributed by atoms with Crippen molar-refractivity contribution in [1.82, 2.24) is 0 Å². The summed E-state index contributed by atoms with van der Waals surface area (Å²) in [5.74, 6) is 0.229. The first kappa shape index (κ1) is 14.7. The van der Waals surface area contributed by atoms with Crippen LogP contribution in [0.3, 0.4) is 0 Å². The summed E-state index contributed by atoms with van der Waals surface area (Å²) in [5, 5.41) is 9.96. The predicted molar refractivity (Wildman–Crippen MR) is 75.3 cm³/mol. The number of aryl methyl sites for hydroxylation is 2. The van der Waals surface area contributed by atoms with E-state index in [-0.39, 0.29) is 11.5 Å². The Balaban J connectivity index is 2.78. The van der Waals surface area contributed by atoms with Gasteiger partial charge in [-0.15, -0.1) is 0 Å². The maximum atomic E-state index is 12.2. The average Bonchev–Trinajstić information content (AvgIpc) is 2.33. The molecule has 0 aliphatic rings. The van der Waals surface area contributed by atoms with Crippen LogP contribution in [0.15, 0.2) is 12.1 Å². The van der Waals surface area contributed by atoms with Gasteiger partial charge in [0.2, 0.25) is 0 Å². The van der Waals surface area contributed by atoms with Crippen molar-refractivity contribution in [2.24, 2.45) is 0 Å². The number of hydrogen-bond donors (Lipinski definition) is 1. The van der Waals surface area contributed by atoms with Gasteiger partial charge in [0, 0.05) is 6.42 Å². The van der Waals surface area contributed by atoms with Crippen molar-refractivity contribution in [3.05, 3.63) is 28.8 Å². The number of rotatable bonds is 7. The van der Waals surface area contributed by atoms with Crippen molar-refractivity contribution >= 4 is 5.78 Å². The van der Waals surface area contributed by atoms with E-state index >= 15 is 0 Å². The first-order valence-corrected chi connectivity index (χ1v) is 6.95. The van der Waals surface area contributed by atoms with Crippen molar-refractivity contribution in [3.8, 4) is 5.75 Å². The number of unbranched alkanes of at least 4 members (excludes halogenated alkanes) is 3. The lowest BCUT2D eigenvalue weighted by Crippen LogP contribution is -2.04. The van der Waals surface area contributed by atoms with Crippen LogP contribution in [0.5, 0.6) is 5.75 Å². The maximum Gasteiger partial charge on any atom is 0.166 e. The molecule has 18 heavy (non-hydrogen) atoms. The summed E-state index contributed by atoms with van der Waals surface area (Å²) < 4.78 is 0. The largest absolute Gasteiger partial charge is 0.507 e. The number of carbonyl (C=O) groups excluding carboxylic acids is 1. The van der Waals surface area contributed by atoms with E-state index in [0.717, 1.165) is 30.4 Å². The molecule has 100 valence electrons. The quantitative estimate of drug-likeness (QED) is 0.573. The maximum absolute atomic E-state index is 12.2. The minimum Gasteiger partial charge on any atom is -0.507 e. The van der Waals surface area contributed by atoms with Crippen molar-refractivity contribution in [1.29, 1.82) is 0 Å². The molecule has 0 spiro atoms. The molecule has 0 saturated carbocycles. The third kappa shape index (κ3) is 3.86. The Kier molecular flexibility index (Phi) is 5.90. The Morgan fingerprint density at radius 2 is 1.89 bits per heavy atom. The van der Waals surface area contributed by atoms with E-state index in [4.69, 9.17) is 0 Å². The molecule has 1 rings (SSSR count). The molecule has 1 aromatic carbocycles. The highest BCUT2D eigenvalue weighted by atomic mass is 16.3. The molecule has 0 fully saturated rings. The smallest absolute Gasteiger partial charge is 0.166 e. The van der Waals surface area contributed by atoms with Crippen LogP contribution in [0.2, 0.25) is 0 Å². The molecule has 0 bridgehead atoms. The molecule has 0 aliphatic heterocycles. The monoisotopic (exact) mass is 248 g/mol. The number of benzene rings is 1. The van der Waals surface area contributed by atoms with E-state index in [2.05, 4.69) is 6.92 Å². The third-order valence-corrected chi connectivity index (χ3v) is 3.26. The van der Waals surface area contributed by atoms with Gasteiger partial charge in [0.1, 0.15) is 5.75 Å². The molecule has 0 unspecified atom stereocenters. The van der Waals surface area contributed by atoms with E-state index in [1.165, 1.54) is 12.8 Å². The van der Waals surface area contributed by atoms with Crippen molar-refractivity contribution in [3.63, 3.8) is 0 Å². The van der Waals surface area contributed by atoms with E-state index in [9.17, 15) is 9.90 Å². The highest BCUT2D eigenvalue weighted by Gasteiger charge is 2.15. The molecule has 0 aliphatic carbocycles. The lowest BCUT2D eigenvalue weighted by Gasteiger charge is -2.10. The zero-order valence-electron chi connectivity index (χ0n) is 11.8. The van der Waals surface area contributed by atoms with Gasteiger partial charge in [0.15, 0.2) is 5.78 Å². The summed E-state index contributed by atoms with van der Waals surface area (Å²) in [4.78, 5) is 12.2. The summed E-state index contributed by atoms with van der Waals surface area (Å²) in [6, 6.07) is 3.68. The first-order valence-electron chi connectivity index (χ1n) is 6.95. The Morgan fingerprint density at radius 3 is 2.50 bits per heavy atom. The summed E-state index contributed by atoms with van der Waals surface area (Å²) in [6.45, 7) is 6.11. The van der Waals surface area contributed by atoms with Crippen LogP contribution < -0.4 is 0 Å². The molecular weight excluding hydrogens is 224 g/mol.